The van der Waals surface area contributed by atoms with Gasteiger partial charge in [0.05, 0.1) is 17.9 Å². The van der Waals surface area contributed by atoms with Crippen LogP contribution in [0, 0.1) is 0 Å². The molecule has 7 heteroatoms. The van der Waals surface area contributed by atoms with E-state index in [1.807, 2.05) is 0 Å². The van der Waals surface area contributed by atoms with Gasteiger partial charge in [-0.3, -0.25) is 4.79 Å². The Kier molecular flexibility index (Phi) is 5.45. The molecule has 0 radical (unpaired) electrons. The van der Waals surface area contributed by atoms with Gasteiger partial charge in [0.15, 0.2) is 5.82 Å². The van der Waals surface area contributed by atoms with Crippen molar-refractivity contribution in [3.05, 3.63) is 60.2 Å². The Bertz CT molecular complexity index is 1020. The average Bonchev–Trinajstić information content (AvgIpc) is 3.01. The number of anilines is 2. The molecule has 6 nitrogen and oxygen atoms in total. The van der Waals surface area contributed by atoms with Gasteiger partial charge >= 0.3 is 0 Å². The standard InChI is InChI=1S/C23H25N5OS/c29-23(24-16-22-26-25-21-12-2-1-7-14-28(21)22)13-15-27-17-8-3-5-10-19(17)30-20-11-6-4-9-18(20)27/h3-6,8-11H,1-2,7,12-16H2,(H,24,29). The van der Waals surface area contributed by atoms with E-state index in [1.54, 1.807) is 11.8 Å². The average molecular weight is 420 g/mol. The van der Waals surface area contributed by atoms with Crippen LogP contribution in [0.4, 0.5) is 11.4 Å². The number of carbonyl (C=O) groups excluding carboxylic acids is 1. The molecule has 0 unspecified atom stereocenters. The number of aromatic nitrogens is 3. The first kappa shape index (κ1) is 19.2. The van der Waals surface area contributed by atoms with Gasteiger partial charge in [-0.2, -0.15) is 0 Å². The van der Waals surface area contributed by atoms with Crippen LogP contribution in [-0.2, 0) is 24.3 Å². The van der Waals surface area contributed by atoms with Gasteiger partial charge in [0, 0.05) is 35.7 Å². The topological polar surface area (TPSA) is 63.1 Å². The number of hydrogen-bond donors (Lipinski definition) is 1. The van der Waals surface area contributed by atoms with E-state index in [4.69, 9.17) is 0 Å². The summed E-state index contributed by atoms with van der Waals surface area (Å²) < 4.78 is 2.18. The smallest absolute Gasteiger partial charge is 0.222 e. The number of rotatable bonds is 5. The van der Waals surface area contributed by atoms with E-state index in [0.717, 1.165) is 42.4 Å². The lowest BCUT2D eigenvalue weighted by Crippen LogP contribution is -2.30. The van der Waals surface area contributed by atoms with Crippen molar-refractivity contribution < 1.29 is 4.79 Å². The molecule has 0 saturated carbocycles. The summed E-state index contributed by atoms with van der Waals surface area (Å²) >= 11 is 1.78. The second kappa shape index (κ2) is 8.52. The first-order valence-electron chi connectivity index (χ1n) is 10.6. The zero-order chi connectivity index (χ0) is 20.3. The predicted octanol–water partition coefficient (Wildman–Crippen LogP) is 4.31. The van der Waals surface area contributed by atoms with Crippen LogP contribution < -0.4 is 10.2 Å². The fourth-order valence-corrected chi connectivity index (χ4v) is 5.27. The largest absolute Gasteiger partial charge is 0.349 e. The lowest BCUT2D eigenvalue weighted by Gasteiger charge is -2.32. The van der Waals surface area contributed by atoms with E-state index < -0.39 is 0 Å². The number of amides is 1. The minimum absolute atomic E-state index is 0.0363. The lowest BCUT2D eigenvalue weighted by atomic mass is 10.2. The van der Waals surface area contributed by atoms with Crippen molar-refractivity contribution in [3.8, 4) is 0 Å². The highest BCUT2D eigenvalue weighted by atomic mass is 32.2. The van der Waals surface area contributed by atoms with Gasteiger partial charge in [-0.1, -0.05) is 42.4 Å². The molecule has 0 fully saturated rings. The van der Waals surface area contributed by atoms with E-state index in [-0.39, 0.29) is 5.91 Å². The fourth-order valence-electron chi connectivity index (χ4n) is 4.18. The summed E-state index contributed by atoms with van der Waals surface area (Å²) in [6.45, 7) is 2.03. The van der Waals surface area contributed by atoms with E-state index in [2.05, 4.69) is 73.5 Å². The highest BCUT2D eigenvalue weighted by Crippen LogP contribution is 2.47. The molecule has 2 aromatic carbocycles. The van der Waals surface area contributed by atoms with E-state index >= 15 is 0 Å². The van der Waals surface area contributed by atoms with Crippen molar-refractivity contribution in [1.82, 2.24) is 20.1 Å². The van der Waals surface area contributed by atoms with E-state index in [9.17, 15) is 4.79 Å². The zero-order valence-corrected chi connectivity index (χ0v) is 17.7. The summed E-state index contributed by atoms with van der Waals surface area (Å²) in [6.07, 6.45) is 4.95. The van der Waals surface area contributed by atoms with Crippen molar-refractivity contribution in [3.63, 3.8) is 0 Å². The number of aryl methyl sites for hydroxylation is 1. The molecular weight excluding hydrogens is 394 g/mol. The second-order valence-corrected chi connectivity index (χ2v) is 8.79. The predicted molar refractivity (Wildman–Crippen MR) is 118 cm³/mol. The van der Waals surface area contributed by atoms with Gasteiger partial charge in [-0.25, -0.2) is 0 Å². The summed E-state index contributed by atoms with van der Waals surface area (Å²) in [7, 11) is 0. The van der Waals surface area contributed by atoms with Gasteiger partial charge < -0.3 is 14.8 Å². The third-order valence-corrected chi connectivity index (χ3v) is 6.85. The first-order chi connectivity index (χ1) is 14.8. The van der Waals surface area contributed by atoms with Crippen molar-refractivity contribution >= 4 is 29.0 Å². The van der Waals surface area contributed by atoms with Crippen LogP contribution in [0.3, 0.4) is 0 Å². The number of carbonyl (C=O) groups is 1. The molecule has 2 aliphatic heterocycles. The highest BCUT2D eigenvalue weighted by Gasteiger charge is 2.23. The number of nitrogens with one attached hydrogen (secondary N) is 1. The van der Waals surface area contributed by atoms with Crippen molar-refractivity contribution in [2.75, 3.05) is 11.4 Å². The molecule has 0 saturated heterocycles. The van der Waals surface area contributed by atoms with Gasteiger partial charge in [0.2, 0.25) is 5.91 Å². The molecule has 0 aliphatic carbocycles. The maximum atomic E-state index is 12.6. The fraction of sp³-hybridized carbons (Fsp3) is 0.348. The zero-order valence-electron chi connectivity index (χ0n) is 16.9. The van der Waals surface area contributed by atoms with Gasteiger partial charge in [-0.05, 0) is 37.1 Å². The summed E-state index contributed by atoms with van der Waals surface area (Å²) in [4.78, 5) is 17.3. The van der Waals surface area contributed by atoms with Crippen LogP contribution in [0.1, 0.15) is 37.3 Å². The van der Waals surface area contributed by atoms with Gasteiger partial charge in [0.1, 0.15) is 5.82 Å². The Labute approximate surface area is 180 Å². The minimum Gasteiger partial charge on any atom is -0.349 e. The molecule has 3 aromatic rings. The second-order valence-electron chi connectivity index (χ2n) is 7.71. The van der Waals surface area contributed by atoms with Crippen LogP contribution in [-0.4, -0.2) is 27.2 Å². The molecule has 1 amide bonds. The maximum absolute atomic E-state index is 12.6. The minimum atomic E-state index is 0.0363. The first-order valence-corrected chi connectivity index (χ1v) is 11.4. The van der Waals surface area contributed by atoms with Crippen LogP contribution in [0.25, 0.3) is 0 Å². The molecule has 1 aromatic heterocycles. The Morgan fingerprint density at radius 2 is 1.70 bits per heavy atom. The number of fused-ring (bicyclic) bond motifs is 3. The van der Waals surface area contributed by atoms with Crippen molar-refractivity contribution in [2.24, 2.45) is 0 Å². The third kappa shape index (κ3) is 3.81. The number of para-hydroxylation sites is 2. The lowest BCUT2D eigenvalue weighted by molar-refractivity contribution is -0.121. The molecule has 3 heterocycles. The number of hydrogen-bond acceptors (Lipinski definition) is 5. The molecule has 1 N–H and O–H groups in total. The summed E-state index contributed by atoms with van der Waals surface area (Å²) in [5, 5.41) is 11.7. The monoisotopic (exact) mass is 419 g/mol. The quantitative estimate of drug-likeness (QED) is 0.668. The Morgan fingerprint density at radius 1 is 0.967 bits per heavy atom. The van der Waals surface area contributed by atoms with Crippen LogP contribution in [0.15, 0.2) is 58.3 Å². The SMILES string of the molecule is O=C(CCN1c2ccccc2Sc2ccccc21)NCc1nnc2n1CCCCC2. The van der Waals surface area contributed by atoms with Crippen LogP contribution >= 0.6 is 11.8 Å². The molecule has 2 aliphatic rings. The number of nitrogens with zero attached hydrogens (tertiary/aromatic N) is 4. The summed E-state index contributed by atoms with van der Waals surface area (Å²) in [5.41, 5.74) is 2.33. The Balaban J connectivity index is 1.25. The highest BCUT2D eigenvalue weighted by molar-refractivity contribution is 7.99. The molecule has 30 heavy (non-hydrogen) atoms. The summed E-state index contributed by atoms with van der Waals surface area (Å²) in [6, 6.07) is 16.8. The van der Waals surface area contributed by atoms with Crippen LogP contribution in [0.5, 0.6) is 0 Å². The maximum Gasteiger partial charge on any atom is 0.222 e. The van der Waals surface area contributed by atoms with Crippen molar-refractivity contribution in [1.29, 1.82) is 0 Å². The molecule has 0 atom stereocenters. The van der Waals surface area contributed by atoms with E-state index in [1.165, 1.54) is 22.6 Å². The molecule has 5 rings (SSSR count). The van der Waals surface area contributed by atoms with Gasteiger partial charge in [0.25, 0.3) is 0 Å². The van der Waals surface area contributed by atoms with Crippen molar-refractivity contribution in [2.45, 2.75) is 55.0 Å². The summed E-state index contributed by atoms with van der Waals surface area (Å²) in [5.74, 6) is 1.95. The van der Waals surface area contributed by atoms with Gasteiger partial charge in [-0.15, -0.1) is 10.2 Å². The molecule has 0 bridgehead atoms. The number of benzene rings is 2. The normalized spacial score (nSPS) is 15.0. The van der Waals surface area contributed by atoms with Crippen LogP contribution in [0.2, 0.25) is 0 Å². The molecule has 154 valence electrons. The Morgan fingerprint density at radius 3 is 2.47 bits per heavy atom. The molecular formula is C23H25N5OS. The molecule has 0 spiro atoms. The third-order valence-electron chi connectivity index (χ3n) is 5.72. The van der Waals surface area contributed by atoms with E-state index in [0.29, 0.717) is 19.5 Å². The Hall–Kier alpha value is -2.80.